The Morgan fingerprint density at radius 1 is 1.11 bits per heavy atom. The normalized spacial score (nSPS) is 15.4. The minimum absolute atomic E-state index is 0.362. The number of fused-ring (bicyclic) bond motifs is 1. The summed E-state index contributed by atoms with van der Waals surface area (Å²) < 4.78 is 18.5. The molecule has 2 heterocycles. The largest absolute Gasteiger partial charge is 0.372 e. The van der Waals surface area contributed by atoms with Gasteiger partial charge in [-0.05, 0) is 28.3 Å². The third kappa shape index (κ3) is 2.00. The fraction of sp³-hybridized carbons (Fsp3) is 0.214. The number of rotatable bonds is 2. The van der Waals surface area contributed by atoms with Crippen LogP contribution in [0.4, 0.5) is 4.39 Å². The van der Waals surface area contributed by atoms with Gasteiger partial charge in [-0.15, -0.1) is 0 Å². The van der Waals surface area contributed by atoms with Gasteiger partial charge >= 0.3 is 0 Å². The Bertz CT molecular complexity index is 586. The molecule has 1 aliphatic rings. The van der Waals surface area contributed by atoms with Crippen LogP contribution in [-0.4, -0.2) is 4.98 Å². The number of ether oxygens (including phenoxy) is 1. The van der Waals surface area contributed by atoms with Crippen molar-refractivity contribution in [1.29, 1.82) is 0 Å². The van der Waals surface area contributed by atoms with Crippen LogP contribution in [0.15, 0.2) is 36.7 Å². The summed E-state index contributed by atoms with van der Waals surface area (Å²) in [5.74, 6) is -0.368. The van der Waals surface area contributed by atoms with E-state index < -0.39 is 0 Å². The smallest absolute Gasteiger partial charge is 0.141 e. The van der Waals surface area contributed by atoms with Crippen LogP contribution in [0.3, 0.4) is 0 Å². The highest BCUT2D eigenvalue weighted by atomic mass is 19.1. The van der Waals surface area contributed by atoms with Gasteiger partial charge in [0.2, 0.25) is 0 Å². The van der Waals surface area contributed by atoms with Gasteiger partial charge in [0, 0.05) is 6.20 Å². The van der Waals surface area contributed by atoms with E-state index in [1.54, 1.807) is 6.20 Å². The molecule has 2 aromatic rings. The molecule has 1 aromatic heterocycles. The number of hydrogen-bond donors (Lipinski definition) is 1. The molecule has 0 bridgehead atoms. The van der Waals surface area contributed by atoms with Gasteiger partial charge in [-0.1, -0.05) is 18.2 Å². The molecule has 0 radical (unpaired) electrons. The summed E-state index contributed by atoms with van der Waals surface area (Å²) in [6.07, 6.45) is 2.77. The number of aromatic nitrogens is 1. The van der Waals surface area contributed by atoms with E-state index in [0.717, 1.165) is 11.1 Å². The van der Waals surface area contributed by atoms with Gasteiger partial charge in [-0.2, -0.15) is 0 Å². The molecule has 1 unspecified atom stereocenters. The summed E-state index contributed by atoms with van der Waals surface area (Å²) in [5, 5.41) is 0. The van der Waals surface area contributed by atoms with Gasteiger partial charge in [-0.25, -0.2) is 4.39 Å². The van der Waals surface area contributed by atoms with Crippen LogP contribution in [-0.2, 0) is 18.0 Å². The minimum Gasteiger partial charge on any atom is -0.372 e. The zero-order valence-electron chi connectivity index (χ0n) is 9.77. The molecule has 4 heteroatoms. The molecule has 0 saturated carbocycles. The molecule has 0 amide bonds. The number of nitrogens with zero attached hydrogens (tertiary/aromatic N) is 1. The predicted octanol–water partition coefficient (Wildman–Crippen LogP) is 2.30. The lowest BCUT2D eigenvalue weighted by molar-refractivity contribution is 0.134. The summed E-state index contributed by atoms with van der Waals surface area (Å²) in [6.45, 7) is 1.28. The van der Waals surface area contributed by atoms with Crippen LogP contribution in [0.5, 0.6) is 0 Å². The maximum atomic E-state index is 13.1. The van der Waals surface area contributed by atoms with Crippen LogP contribution in [0, 0.1) is 5.82 Å². The van der Waals surface area contributed by atoms with Crippen molar-refractivity contribution in [1.82, 2.24) is 4.98 Å². The van der Waals surface area contributed by atoms with Crippen molar-refractivity contribution >= 4 is 0 Å². The van der Waals surface area contributed by atoms with E-state index in [9.17, 15) is 4.39 Å². The number of nitrogens with two attached hydrogens (primary N) is 1. The molecule has 0 saturated heterocycles. The standard InChI is InChI=1S/C14H13FN2O/c15-13-4-11(5-17-6-13)14(16)9-1-2-10-7-18-8-12(10)3-9/h1-6,14H,7-8,16H2. The quantitative estimate of drug-likeness (QED) is 0.881. The average molecular weight is 244 g/mol. The second kappa shape index (κ2) is 4.48. The molecular weight excluding hydrogens is 231 g/mol. The fourth-order valence-corrected chi connectivity index (χ4v) is 2.18. The molecule has 18 heavy (non-hydrogen) atoms. The van der Waals surface area contributed by atoms with E-state index >= 15 is 0 Å². The Morgan fingerprint density at radius 3 is 2.78 bits per heavy atom. The lowest BCUT2D eigenvalue weighted by Crippen LogP contribution is -2.12. The van der Waals surface area contributed by atoms with Crippen LogP contribution < -0.4 is 5.73 Å². The molecule has 92 valence electrons. The van der Waals surface area contributed by atoms with Gasteiger partial charge < -0.3 is 10.5 Å². The Kier molecular flexibility index (Phi) is 2.81. The van der Waals surface area contributed by atoms with Gasteiger partial charge in [0.15, 0.2) is 0 Å². The number of benzene rings is 1. The first-order valence-electron chi connectivity index (χ1n) is 5.79. The first-order valence-corrected chi connectivity index (χ1v) is 5.79. The zero-order valence-corrected chi connectivity index (χ0v) is 9.77. The molecule has 0 fully saturated rings. The predicted molar refractivity (Wildman–Crippen MR) is 65.2 cm³/mol. The molecule has 0 aliphatic carbocycles. The van der Waals surface area contributed by atoms with Gasteiger partial charge in [0.1, 0.15) is 5.82 Å². The highest BCUT2D eigenvalue weighted by Gasteiger charge is 2.15. The van der Waals surface area contributed by atoms with Gasteiger partial charge in [0.25, 0.3) is 0 Å². The average Bonchev–Trinajstić information content (AvgIpc) is 2.85. The third-order valence-electron chi connectivity index (χ3n) is 3.19. The molecule has 0 spiro atoms. The maximum Gasteiger partial charge on any atom is 0.141 e. The topological polar surface area (TPSA) is 48.1 Å². The number of hydrogen-bond acceptors (Lipinski definition) is 3. The van der Waals surface area contributed by atoms with E-state index in [4.69, 9.17) is 10.5 Å². The Labute approximate surface area is 104 Å². The van der Waals surface area contributed by atoms with Crippen LogP contribution in [0.2, 0.25) is 0 Å². The highest BCUT2D eigenvalue weighted by molar-refractivity contribution is 5.38. The summed E-state index contributed by atoms with van der Waals surface area (Å²) in [6, 6.07) is 7.06. The van der Waals surface area contributed by atoms with Crippen LogP contribution in [0.25, 0.3) is 0 Å². The highest BCUT2D eigenvalue weighted by Crippen LogP contribution is 2.26. The molecule has 3 nitrogen and oxygen atoms in total. The molecule has 2 N–H and O–H groups in total. The first-order chi connectivity index (χ1) is 8.74. The Balaban J connectivity index is 1.95. The first kappa shape index (κ1) is 11.3. The van der Waals surface area contributed by atoms with Gasteiger partial charge in [0.05, 0.1) is 25.5 Å². The Morgan fingerprint density at radius 2 is 1.94 bits per heavy atom. The molecule has 1 aliphatic heterocycles. The second-order valence-corrected chi connectivity index (χ2v) is 4.44. The number of halogens is 1. The van der Waals surface area contributed by atoms with E-state index in [2.05, 4.69) is 4.98 Å². The van der Waals surface area contributed by atoms with E-state index in [1.807, 2.05) is 18.2 Å². The van der Waals surface area contributed by atoms with Crippen molar-refractivity contribution in [2.75, 3.05) is 0 Å². The lowest BCUT2D eigenvalue weighted by Gasteiger charge is -2.13. The summed E-state index contributed by atoms with van der Waals surface area (Å²) in [5.41, 5.74) is 10.1. The minimum atomic E-state index is -0.368. The van der Waals surface area contributed by atoms with Gasteiger partial charge in [-0.3, -0.25) is 4.98 Å². The number of pyridine rings is 1. The van der Waals surface area contributed by atoms with E-state index in [-0.39, 0.29) is 11.9 Å². The third-order valence-corrected chi connectivity index (χ3v) is 3.19. The lowest BCUT2D eigenvalue weighted by atomic mass is 9.97. The van der Waals surface area contributed by atoms with Crippen LogP contribution in [0.1, 0.15) is 28.3 Å². The van der Waals surface area contributed by atoms with Crippen molar-refractivity contribution in [3.63, 3.8) is 0 Å². The molecule has 3 rings (SSSR count). The summed E-state index contributed by atoms with van der Waals surface area (Å²) in [4.78, 5) is 3.82. The fourth-order valence-electron chi connectivity index (χ4n) is 2.18. The summed E-state index contributed by atoms with van der Waals surface area (Å²) >= 11 is 0. The summed E-state index contributed by atoms with van der Waals surface area (Å²) in [7, 11) is 0. The van der Waals surface area contributed by atoms with Crippen molar-refractivity contribution in [2.24, 2.45) is 5.73 Å². The zero-order chi connectivity index (χ0) is 12.5. The molecule has 1 aromatic carbocycles. The molecular formula is C14H13FN2O. The molecule has 1 atom stereocenters. The van der Waals surface area contributed by atoms with E-state index in [0.29, 0.717) is 18.8 Å². The van der Waals surface area contributed by atoms with Crippen molar-refractivity contribution in [3.05, 3.63) is 64.7 Å². The van der Waals surface area contributed by atoms with Crippen LogP contribution >= 0.6 is 0 Å². The van der Waals surface area contributed by atoms with Crippen molar-refractivity contribution < 1.29 is 9.13 Å². The second-order valence-electron chi connectivity index (χ2n) is 4.44. The monoisotopic (exact) mass is 244 g/mol. The van der Waals surface area contributed by atoms with Crippen molar-refractivity contribution in [2.45, 2.75) is 19.3 Å². The SMILES string of the molecule is NC(c1cncc(F)c1)c1ccc2c(c1)COC2. The van der Waals surface area contributed by atoms with E-state index in [1.165, 1.54) is 17.8 Å². The van der Waals surface area contributed by atoms with Crippen molar-refractivity contribution in [3.8, 4) is 0 Å². The Hall–Kier alpha value is -1.78. The maximum absolute atomic E-state index is 13.1.